The summed E-state index contributed by atoms with van der Waals surface area (Å²) >= 11 is 0. The Bertz CT molecular complexity index is 1600. The van der Waals surface area contributed by atoms with E-state index in [1.807, 2.05) is 43.3 Å². The summed E-state index contributed by atoms with van der Waals surface area (Å²) in [6.45, 7) is 2.00. The number of hydrogen-bond donors (Lipinski definition) is 0. The molecule has 0 bridgehead atoms. The fraction of sp³-hybridized carbons (Fsp3) is 0.0625. The summed E-state index contributed by atoms with van der Waals surface area (Å²) in [7, 11) is 0. The number of aryl methyl sites for hydroxylation is 1. The first-order valence-electron chi connectivity index (χ1n) is 11.9. The molecule has 7 heteroatoms. The van der Waals surface area contributed by atoms with E-state index in [2.05, 4.69) is 4.74 Å². The maximum Gasteiger partial charge on any atom is 0.426 e. The first-order valence-corrected chi connectivity index (χ1v) is 11.9. The fourth-order valence-corrected chi connectivity index (χ4v) is 4.19. The molecule has 0 radical (unpaired) electrons. The lowest BCUT2D eigenvalue weighted by atomic mass is 9.96. The summed E-state index contributed by atoms with van der Waals surface area (Å²) in [5.41, 5.74) is 3.09. The number of hydrogen-bond acceptors (Lipinski definition) is 1. The topological polar surface area (TPSA) is 9.23 Å². The van der Waals surface area contributed by atoms with Crippen molar-refractivity contribution >= 4 is 0 Å². The predicted molar refractivity (Wildman–Crippen MR) is 138 cm³/mol. The summed E-state index contributed by atoms with van der Waals surface area (Å²) < 4.78 is 90.2. The zero-order chi connectivity index (χ0) is 27.7. The van der Waals surface area contributed by atoms with Gasteiger partial charge in [0, 0.05) is 6.07 Å². The SMILES string of the molecule is Cc1ccc(-c2ccc(-c3cc(F)c(-c4ccc(C(F)(F)Oc5ccc(F)c(F)c5)cc4)c(F)c3)cc2)cc1. The van der Waals surface area contributed by atoms with E-state index >= 15 is 8.78 Å². The number of rotatable bonds is 6. The largest absolute Gasteiger partial charge is 0.429 e. The van der Waals surface area contributed by atoms with E-state index in [1.54, 1.807) is 12.1 Å². The molecule has 0 aliphatic heterocycles. The van der Waals surface area contributed by atoms with Gasteiger partial charge in [0.25, 0.3) is 0 Å². The minimum absolute atomic E-state index is 0.0404. The van der Waals surface area contributed by atoms with Crippen molar-refractivity contribution in [1.29, 1.82) is 0 Å². The molecular weight excluding hydrogens is 514 g/mol. The summed E-state index contributed by atoms with van der Waals surface area (Å²) in [5.74, 6) is -4.84. The fourth-order valence-electron chi connectivity index (χ4n) is 4.19. The Balaban J connectivity index is 1.37. The van der Waals surface area contributed by atoms with Gasteiger partial charge in [-0.15, -0.1) is 0 Å². The van der Waals surface area contributed by atoms with Crippen molar-refractivity contribution in [1.82, 2.24) is 0 Å². The molecule has 5 rings (SSSR count). The Kier molecular flexibility index (Phi) is 6.91. The molecule has 1 nitrogen and oxygen atoms in total. The van der Waals surface area contributed by atoms with Crippen LogP contribution < -0.4 is 4.74 Å². The van der Waals surface area contributed by atoms with E-state index in [0.29, 0.717) is 23.3 Å². The van der Waals surface area contributed by atoms with Crippen LogP contribution in [-0.2, 0) is 6.11 Å². The van der Waals surface area contributed by atoms with E-state index in [-0.39, 0.29) is 11.1 Å². The highest BCUT2D eigenvalue weighted by molar-refractivity contribution is 5.74. The van der Waals surface area contributed by atoms with Crippen molar-refractivity contribution < 1.29 is 31.1 Å². The van der Waals surface area contributed by atoms with Gasteiger partial charge in [0.15, 0.2) is 11.6 Å². The van der Waals surface area contributed by atoms with Gasteiger partial charge < -0.3 is 4.74 Å². The van der Waals surface area contributed by atoms with Crippen LogP contribution in [0.5, 0.6) is 5.75 Å². The molecule has 0 unspecified atom stereocenters. The highest BCUT2D eigenvalue weighted by Gasteiger charge is 2.35. The smallest absolute Gasteiger partial charge is 0.426 e. The molecule has 196 valence electrons. The molecule has 0 heterocycles. The van der Waals surface area contributed by atoms with Gasteiger partial charge in [-0.2, -0.15) is 8.78 Å². The zero-order valence-electron chi connectivity index (χ0n) is 20.5. The molecule has 0 atom stereocenters. The Morgan fingerprint density at radius 1 is 0.487 bits per heavy atom. The van der Waals surface area contributed by atoms with Crippen molar-refractivity contribution in [3.8, 4) is 39.1 Å². The maximum absolute atomic E-state index is 15.1. The number of alkyl halides is 2. The van der Waals surface area contributed by atoms with Crippen molar-refractivity contribution in [3.05, 3.63) is 138 Å². The third kappa shape index (κ3) is 5.53. The monoisotopic (exact) mass is 534 g/mol. The van der Waals surface area contributed by atoms with E-state index in [0.717, 1.165) is 47.0 Å². The van der Waals surface area contributed by atoms with E-state index in [4.69, 9.17) is 0 Å². The van der Waals surface area contributed by atoms with Crippen LogP contribution in [0.25, 0.3) is 33.4 Å². The Hall–Kier alpha value is -4.52. The van der Waals surface area contributed by atoms with Gasteiger partial charge in [-0.1, -0.05) is 66.2 Å². The van der Waals surface area contributed by atoms with E-state index < -0.39 is 40.7 Å². The molecule has 0 amide bonds. The first-order chi connectivity index (χ1) is 18.6. The highest BCUT2D eigenvalue weighted by atomic mass is 19.3. The van der Waals surface area contributed by atoms with Crippen molar-refractivity contribution in [2.75, 3.05) is 0 Å². The van der Waals surface area contributed by atoms with Crippen molar-refractivity contribution in [2.45, 2.75) is 13.0 Å². The molecule has 0 spiro atoms. The minimum atomic E-state index is -3.91. The minimum Gasteiger partial charge on any atom is -0.429 e. The zero-order valence-corrected chi connectivity index (χ0v) is 20.5. The molecule has 0 saturated carbocycles. The van der Waals surface area contributed by atoms with Crippen molar-refractivity contribution in [3.63, 3.8) is 0 Å². The van der Waals surface area contributed by atoms with Gasteiger partial charge in [-0.3, -0.25) is 0 Å². The second-order valence-corrected chi connectivity index (χ2v) is 9.03. The summed E-state index contributed by atoms with van der Waals surface area (Å²) in [6, 6.07) is 23.8. The lowest BCUT2D eigenvalue weighted by molar-refractivity contribution is -0.185. The van der Waals surface area contributed by atoms with Crippen LogP contribution in [0.4, 0.5) is 26.3 Å². The van der Waals surface area contributed by atoms with Crippen LogP contribution in [0.15, 0.2) is 103 Å². The van der Waals surface area contributed by atoms with Crippen LogP contribution in [0.2, 0.25) is 0 Å². The average molecular weight is 534 g/mol. The van der Waals surface area contributed by atoms with Crippen LogP contribution >= 0.6 is 0 Å². The summed E-state index contributed by atoms with van der Waals surface area (Å²) in [4.78, 5) is 0. The third-order valence-electron chi connectivity index (χ3n) is 6.29. The summed E-state index contributed by atoms with van der Waals surface area (Å²) in [5, 5.41) is 0. The van der Waals surface area contributed by atoms with Gasteiger partial charge in [0.1, 0.15) is 17.4 Å². The number of benzene rings is 5. The van der Waals surface area contributed by atoms with E-state index in [9.17, 15) is 17.6 Å². The number of halogens is 6. The van der Waals surface area contributed by atoms with Crippen LogP contribution in [0, 0.1) is 30.2 Å². The van der Waals surface area contributed by atoms with Crippen molar-refractivity contribution in [2.24, 2.45) is 0 Å². The molecule has 5 aromatic carbocycles. The Labute approximate surface area is 220 Å². The molecular formula is C32H20F6O. The molecule has 0 aromatic heterocycles. The van der Waals surface area contributed by atoms with Crippen LogP contribution in [-0.4, -0.2) is 0 Å². The standard InChI is InChI=1S/C32H20F6O/c1-19-2-4-20(5-3-19)21-6-8-22(9-7-21)24-16-29(35)31(30(36)17-24)23-10-12-25(13-11-23)32(37,38)39-26-14-15-27(33)28(34)18-26/h2-18H,1H3. The molecule has 0 saturated heterocycles. The summed E-state index contributed by atoms with van der Waals surface area (Å²) in [6.07, 6.45) is -3.91. The quantitative estimate of drug-likeness (QED) is 0.197. The number of ether oxygens (including phenoxy) is 1. The normalized spacial score (nSPS) is 11.5. The van der Waals surface area contributed by atoms with Gasteiger partial charge >= 0.3 is 6.11 Å². The molecule has 5 aromatic rings. The predicted octanol–water partition coefficient (Wildman–Crippen LogP) is 9.68. The molecule has 39 heavy (non-hydrogen) atoms. The third-order valence-corrected chi connectivity index (χ3v) is 6.29. The van der Waals surface area contributed by atoms with Gasteiger partial charge in [-0.05, 0) is 71.1 Å². The maximum atomic E-state index is 15.1. The van der Waals surface area contributed by atoms with Crippen LogP contribution in [0.3, 0.4) is 0 Å². The molecule has 0 aliphatic carbocycles. The molecule has 0 aliphatic rings. The Morgan fingerprint density at radius 2 is 0.974 bits per heavy atom. The van der Waals surface area contributed by atoms with Gasteiger partial charge in [0.05, 0.1) is 11.1 Å². The second kappa shape index (κ2) is 10.3. The Morgan fingerprint density at radius 3 is 1.51 bits per heavy atom. The van der Waals surface area contributed by atoms with Gasteiger partial charge in [-0.25, -0.2) is 17.6 Å². The van der Waals surface area contributed by atoms with Gasteiger partial charge in [0.2, 0.25) is 0 Å². The lowest BCUT2D eigenvalue weighted by Crippen LogP contribution is -2.21. The molecule has 0 N–H and O–H groups in total. The average Bonchev–Trinajstić information content (AvgIpc) is 2.91. The lowest BCUT2D eigenvalue weighted by Gasteiger charge is -2.19. The second-order valence-electron chi connectivity index (χ2n) is 9.03. The van der Waals surface area contributed by atoms with E-state index in [1.165, 1.54) is 12.1 Å². The molecule has 0 fully saturated rings. The first kappa shape index (κ1) is 26.1. The highest BCUT2D eigenvalue weighted by Crippen LogP contribution is 2.36. The van der Waals surface area contributed by atoms with Crippen LogP contribution in [0.1, 0.15) is 11.1 Å².